The van der Waals surface area contributed by atoms with E-state index in [0.717, 1.165) is 17.1 Å². The molecule has 0 bridgehead atoms. The number of nitrogens with two attached hydrogens (primary N) is 1. The maximum Gasteiger partial charge on any atom is 0.231 e. The van der Waals surface area contributed by atoms with Gasteiger partial charge in [-0.25, -0.2) is 0 Å². The predicted octanol–water partition coefficient (Wildman–Crippen LogP) is 1.97. The van der Waals surface area contributed by atoms with E-state index >= 15 is 0 Å². The van der Waals surface area contributed by atoms with Crippen LogP contribution in [0.4, 0.5) is 5.82 Å². The molecular formula is C13H12N2O3. The summed E-state index contributed by atoms with van der Waals surface area (Å²) in [7, 11) is 0. The van der Waals surface area contributed by atoms with Gasteiger partial charge in [0.05, 0.1) is 0 Å². The van der Waals surface area contributed by atoms with Gasteiger partial charge in [-0.1, -0.05) is 12.1 Å². The molecule has 2 heterocycles. The van der Waals surface area contributed by atoms with Crippen LogP contribution in [0.1, 0.15) is 5.56 Å². The van der Waals surface area contributed by atoms with Gasteiger partial charge >= 0.3 is 0 Å². The van der Waals surface area contributed by atoms with Crippen LogP contribution < -0.4 is 19.9 Å². The van der Waals surface area contributed by atoms with E-state index in [0.29, 0.717) is 18.3 Å². The van der Waals surface area contributed by atoms with Gasteiger partial charge in [-0.2, -0.15) is 4.98 Å². The first-order valence-electron chi connectivity index (χ1n) is 5.55. The molecule has 2 aromatic rings. The van der Waals surface area contributed by atoms with E-state index < -0.39 is 0 Å². The van der Waals surface area contributed by atoms with Crippen LogP contribution in [-0.4, -0.2) is 11.8 Å². The molecule has 0 saturated carbocycles. The fraction of sp³-hybridized carbons (Fsp3) is 0.154. The maximum atomic E-state index is 5.57. The lowest BCUT2D eigenvalue weighted by Gasteiger charge is -2.06. The Hall–Kier alpha value is -2.43. The molecule has 1 aromatic carbocycles. The first kappa shape index (κ1) is 10.7. The third-order valence-electron chi connectivity index (χ3n) is 2.57. The zero-order valence-corrected chi connectivity index (χ0v) is 9.63. The Kier molecular flexibility index (Phi) is 2.64. The molecule has 3 rings (SSSR count). The van der Waals surface area contributed by atoms with Crippen molar-refractivity contribution in [1.82, 2.24) is 4.98 Å². The van der Waals surface area contributed by atoms with E-state index in [4.69, 9.17) is 19.9 Å². The third-order valence-corrected chi connectivity index (χ3v) is 2.57. The average molecular weight is 244 g/mol. The van der Waals surface area contributed by atoms with Gasteiger partial charge in [-0.3, -0.25) is 0 Å². The summed E-state index contributed by atoms with van der Waals surface area (Å²) in [6.45, 7) is 0.684. The Labute approximate surface area is 104 Å². The number of fused-ring (bicyclic) bond motifs is 1. The first-order chi connectivity index (χ1) is 8.81. The molecule has 5 heteroatoms. The first-order valence-corrected chi connectivity index (χ1v) is 5.55. The summed E-state index contributed by atoms with van der Waals surface area (Å²) in [5, 5.41) is 0. The number of ether oxygens (including phenoxy) is 3. The number of nitrogen functional groups attached to an aromatic ring is 1. The molecule has 0 saturated heterocycles. The van der Waals surface area contributed by atoms with E-state index in [1.54, 1.807) is 18.2 Å². The van der Waals surface area contributed by atoms with Crippen LogP contribution in [0.25, 0.3) is 0 Å². The molecule has 1 aromatic heterocycles. The summed E-state index contributed by atoms with van der Waals surface area (Å²) in [5.41, 5.74) is 6.56. The van der Waals surface area contributed by atoms with E-state index in [2.05, 4.69) is 4.98 Å². The summed E-state index contributed by atoms with van der Waals surface area (Å²) < 4.78 is 16.1. The molecule has 1 aliphatic heterocycles. The van der Waals surface area contributed by atoms with Crippen LogP contribution in [0.5, 0.6) is 17.4 Å². The molecular weight excluding hydrogens is 232 g/mol. The lowest BCUT2D eigenvalue weighted by molar-refractivity contribution is 0.174. The van der Waals surface area contributed by atoms with Crippen molar-refractivity contribution in [3.8, 4) is 17.4 Å². The molecule has 18 heavy (non-hydrogen) atoms. The molecule has 5 nitrogen and oxygen atoms in total. The molecule has 0 aliphatic carbocycles. The number of anilines is 1. The van der Waals surface area contributed by atoms with Crippen molar-refractivity contribution >= 4 is 5.82 Å². The van der Waals surface area contributed by atoms with Crippen molar-refractivity contribution in [2.75, 3.05) is 12.5 Å². The van der Waals surface area contributed by atoms with Crippen molar-refractivity contribution in [2.45, 2.75) is 6.61 Å². The fourth-order valence-corrected chi connectivity index (χ4v) is 1.70. The van der Waals surface area contributed by atoms with Gasteiger partial charge in [0.15, 0.2) is 11.5 Å². The molecule has 92 valence electrons. The highest BCUT2D eigenvalue weighted by molar-refractivity contribution is 5.44. The van der Waals surface area contributed by atoms with Crippen molar-refractivity contribution < 1.29 is 14.2 Å². The summed E-state index contributed by atoms with van der Waals surface area (Å²) in [5.74, 6) is 2.46. The molecule has 2 N–H and O–H groups in total. The predicted molar refractivity (Wildman–Crippen MR) is 65.5 cm³/mol. The highest BCUT2D eigenvalue weighted by Crippen LogP contribution is 2.32. The van der Waals surface area contributed by atoms with Crippen molar-refractivity contribution in [2.24, 2.45) is 0 Å². The Bertz CT molecular complexity index is 572. The molecule has 1 aliphatic rings. The van der Waals surface area contributed by atoms with Crippen molar-refractivity contribution in [3.05, 3.63) is 42.0 Å². The quantitative estimate of drug-likeness (QED) is 0.894. The minimum atomic E-state index is 0.274. The minimum absolute atomic E-state index is 0.274. The number of benzene rings is 1. The van der Waals surface area contributed by atoms with Crippen LogP contribution in [-0.2, 0) is 6.61 Å². The number of hydrogen-bond donors (Lipinski definition) is 1. The topological polar surface area (TPSA) is 66.6 Å². The summed E-state index contributed by atoms with van der Waals surface area (Å²) in [4.78, 5) is 4.06. The van der Waals surface area contributed by atoms with Crippen LogP contribution >= 0.6 is 0 Å². The summed E-state index contributed by atoms with van der Waals surface area (Å²) in [6, 6.07) is 11.0. The van der Waals surface area contributed by atoms with E-state index in [1.165, 1.54) is 0 Å². The molecule has 0 spiro atoms. The van der Waals surface area contributed by atoms with Gasteiger partial charge in [0.25, 0.3) is 0 Å². The third kappa shape index (κ3) is 2.15. The van der Waals surface area contributed by atoms with Crippen LogP contribution in [0.2, 0.25) is 0 Å². The zero-order valence-electron chi connectivity index (χ0n) is 9.63. The van der Waals surface area contributed by atoms with Crippen LogP contribution in [0.15, 0.2) is 36.4 Å². The Morgan fingerprint density at radius 1 is 1.17 bits per heavy atom. The van der Waals surface area contributed by atoms with Gasteiger partial charge in [0.2, 0.25) is 12.7 Å². The Morgan fingerprint density at radius 3 is 2.94 bits per heavy atom. The maximum absolute atomic E-state index is 5.57. The van der Waals surface area contributed by atoms with Gasteiger partial charge in [0.1, 0.15) is 12.4 Å². The summed E-state index contributed by atoms with van der Waals surface area (Å²) in [6.07, 6.45) is 0. The zero-order chi connectivity index (χ0) is 12.4. The molecule has 0 radical (unpaired) electrons. The molecule has 0 fully saturated rings. The highest BCUT2D eigenvalue weighted by Gasteiger charge is 2.13. The van der Waals surface area contributed by atoms with E-state index in [1.807, 2.05) is 18.2 Å². The normalized spacial score (nSPS) is 12.4. The molecule has 0 unspecified atom stereocenters. The average Bonchev–Trinajstić information content (AvgIpc) is 2.84. The van der Waals surface area contributed by atoms with Gasteiger partial charge < -0.3 is 19.9 Å². The van der Waals surface area contributed by atoms with E-state index in [-0.39, 0.29) is 6.79 Å². The Balaban J connectivity index is 1.70. The second kappa shape index (κ2) is 4.44. The lowest BCUT2D eigenvalue weighted by Crippen LogP contribution is -1.99. The van der Waals surface area contributed by atoms with E-state index in [9.17, 15) is 0 Å². The lowest BCUT2D eigenvalue weighted by atomic mass is 10.2. The molecule has 0 atom stereocenters. The number of aromatic nitrogens is 1. The highest BCUT2D eigenvalue weighted by atomic mass is 16.7. The standard InChI is InChI=1S/C13H12N2O3/c14-12-2-1-3-13(15-12)16-7-9-4-5-10-11(6-9)18-8-17-10/h1-6H,7-8H2,(H2,14,15). The number of hydrogen-bond acceptors (Lipinski definition) is 5. The Morgan fingerprint density at radius 2 is 2.06 bits per heavy atom. The second-order valence-corrected chi connectivity index (χ2v) is 3.88. The van der Waals surface area contributed by atoms with Gasteiger partial charge in [-0.15, -0.1) is 0 Å². The van der Waals surface area contributed by atoms with Crippen molar-refractivity contribution in [3.63, 3.8) is 0 Å². The SMILES string of the molecule is Nc1cccc(OCc2ccc3c(c2)OCO3)n1. The fourth-order valence-electron chi connectivity index (χ4n) is 1.70. The smallest absolute Gasteiger partial charge is 0.231 e. The largest absolute Gasteiger partial charge is 0.473 e. The monoisotopic (exact) mass is 244 g/mol. The molecule has 0 amide bonds. The number of pyridine rings is 1. The minimum Gasteiger partial charge on any atom is -0.473 e. The number of nitrogens with zero attached hydrogens (tertiary/aromatic N) is 1. The number of rotatable bonds is 3. The van der Waals surface area contributed by atoms with Gasteiger partial charge in [-0.05, 0) is 23.8 Å². The second-order valence-electron chi connectivity index (χ2n) is 3.88. The summed E-state index contributed by atoms with van der Waals surface area (Å²) >= 11 is 0. The van der Waals surface area contributed by atoms with Crippen LogP contribution in [0, 0.1) is 0 Å². The van der Waals surface area contributed by atoms with Crippen LogP contribution in [0.3, 0.4) is 0 Å². The van der Waals surface area contributed by atoms with Gasteiger partial charge in [0, 0.05) is 6.07 Å². The van der Waals surface area contributed by atoms with Crippen molar-refractivity contribution in [1.29, 1.82) is 0 Å².